The minimum absolute atomic E-state index is 0.0426. The molecule has 1 saturated heterocycles. The fraction of sp³-hybridized carbons (Fsp3) is 0.397. The molecule has 6 atom stereocenters. The molecule has 2 heterocycles. The summed E-state index contributed by atoms with van der Waals surface area (Å²) < 4.78 is 19.5. The first-order valence-corrected chi connectivity index (χ1v) is 23.7. The number of aromatic hydroxyl groups is 1. The molecule has 2 aliphatic carbocycles. The lowest BCUT2D eigenvalue weighted by atomic mass is 9.71. The van der Waals surface area contributed by atoms with Crippen LogP contribution in [0, 0.1) is 42.4 Å². The third-order valence-electron chi connectivity index (χ3n) is 13.4. The molecule has 1 N–H and O–H groups in total. The number of ketones is 2. The Balaban J connectivity index is 0.000000945. The van der Waals surface area contributed by atoms with Crippen LogP contribution in [0.15, 0.2) is 129 Å². The number of methoxy groups -OCH3 is 1. The summed E-state index contributed by atoms with van der Waals surface area (Å²) >= 11 is 0. The van der Waals surface area contributed by atoms with Crippen LogP contribution in [0.2, 0.25) is 0 Å². The van der Waals surface area contributed by atoms with Crippen molar-refractivity contribution in [3.05, 3.63) is 157 Å². The number of rotatable bonds is 15. The van der Waals surface area contributed by atoms with E-state index in [2.05, 4.69) is 84.3 Å². The van der Waals surface area contributed by atoms with Crippen LogP contribution in [-0.2, 0) is 0 Å². The summed E-state index contributed by atoms with van der Waals surface area (Å²) in [4.78, 5) is 36.4. The van der Waals surface area contributed by atoms with E-state index in [0.29, 0.717) is 28.9 Å². The number of phenolic OH excluding ortho intramolecular Hbond substituents is 1. The van der Waals surface area contributed by atoms with Gasteiger partial charge < -0.3 is 24.2 Å². The number of piperidine rings is 1. The van der Waals surface area contributed by atoms with Crippen molar-refractivity contribution < 1.29 is 28.9 Å². The highest BCUT2D eigenvalue weighted by molar-refractivity contribution is 6.20. The first kappa shape index (κ1) is 50.8. The Kier molecular flexibility index (Phi) is 18.4. The maximum Gasteiger partial charge on any atom is 0.175 e. The number of nitrogens with zero attached hydrogens (tertiary/aromatic N) is 2. The molecule has 4 aromatic rings. The number of phenols is 1. The van der Waals surface area contributed by atoms with E-state index >= 15 is 0 Å². The van der Waals surface area contributed by atoms with E-state index in [4.69, 9.17) is 14.2 Å². The molecule has 3 aromatic carbocycles. The maximum absolute atomic E-state index is 14.8. The first-order chi connectivity index (χ1) is 31.8. The normalized spacial score (nSPS) is 19.9. The van der Waals surface area contributed by atoms with E-state index in [1.807, 2.05) is 55.5 Å². The zero-order valence-corrected chi connectivity index (χ0v) is 40.8. The van der Waals surface area contributed by atoms with E-state index in [1.54, 1.807) is 61.9 Å². The van der Waals surface area contributed by atoms with Gasteiger partial charge in [-0.2, -0.15) is 0 Å². The first-order valence-electron chi connectivity index (χ1n) is 23.7. The average molecular weight is 893 g/mol. The highest BCUT2D eigenvalue weighted by Crippen LogP contribution is 2.45. The molecule has 0 bridgehead atoms. The van der Waals surface area contributed by atoms with Crippen LogP contribution in [0.4, 0.5) is 0 Å². The second-order valence-electron chi connectivity index (χ2n) is 18.0. The molecule has 6 unspecified atom stereocenters. The van der Waals surface area contributed by atoms with Crippen molar-refractivity contribution in [2.24, 2.45) is 35.5 Å². The SMILES string of the molecule is C=C.C=C/C=C(\c1cc(OC)ccc1C)C(Oc1ccc(OC(C=CN2CCC(C)C(CC)C2)c2ccnc3ccc(O)cc23)c2c1C(=O)C1C=CC=CC1C2=O)C(C)C.CCC(C)CC. The third-order valence-corrected chi connectivity index (χ3v) is 13.4. The lowest BCUT2D eigenvalue weighted by Gasteiger charge is -2.36. The zero-order chi connectivity index (χ0) is 48.1. The maximum atomic E-state index is 14.8. The van der Waals surface area contributed by atoms with E-state index < -0.39 is 24.0 Å². The Hall–Kier alpha value is -6.15. The molecule has 7 rings (SSSR count). The number of ether oxygens (including phenoxy) is 3. The number of allylic oxidation sites excluding steroid dienone is 6. The van der Waals surface area contributed by atoms with Gasteiger partial charge in [-0.05, 0) is 109 Å². The number of benzene rings is 3. The lowest BCUT2D eigenvalue weighted by Crippen LogP contribution is -2.37. The van der Waals surface area contributed by atoms with Crippen LogP contribution in [0.25, 0.3) is 16.5 Å². The second-order valence-corrected chi connectivity index (χ2v) is 18.0. The molecule has 8 heteroatoms. The molecule has 1 aromatic heterocycles. The third kappa shape index (κ3) is 11.6. The molecule has 8 nitrogen and oxygen atoms in total. The van der Waals surface area contributed by atoms with Crippen molar-refractivity contribution >= 4 is 28.0 Å². The summed E-state index contributed by atoms with van der Waals surface area (Å²) in [5, 5.41) is 11.3. The number of fused-ring (bicyclic) bond motifs is 3. The molecular weight excluding hydrogens is 821 g/mol. The fourth-order valence-electron chi connectivity index (χ4n) is 8.97. The van der Waals surface area contributed by atoms with E-state index in [9.17, 15) is 14.7 Å². The van der Waals surface area contributed by atoms with Gasteiger partial charge in [0, 0.05) is 35.8 Å². The van der Waals surface area contributed by atoms with Crippen LogP contribution in [0.1, 0.15) is 118 Å². The van der Waals surface area contributed by atoms with Gasteiger partial charge >= 0.3 is 0 Å². The molecule has 0 amide bonds. The highest BCUT2D eigenvalue weighted by atomic mass is 16.5. The van der Waals surface area contributed by atoms with Gasteiger partial charge in [-0.15, -0.1) is 13.2 Å². The van der Waals surface area contributed by atoms with Gasteiger partial charge in [0.1, 0.15) is 35.2 Å². The monoisotopic (exact) mass is 893 g/mol. The van der Waals surface area contributed by atoms with Gasteiger partial charge in [0.25, 0.3) is 0 Å². The summed E-state index contributed by atoms with van der Waals surface area (Å²) in [5.74, 6) is 1.79. The van der Waals surface area contributed by atoms with Crippen LogP contribution in [0.3, 0.4) is 0 Å². The minimum Gasteiger partial charge on any atom is -0.508 e. The number of likely N-dealkylation sites (tertiary alicyclic amines) is 1. The second kappa shape index (κ2) is 23.9. The van der Waals surface area contributed by atoms with Gasteiger partial charge in [0.15, 0.2) is 11.6 Å². The number of hydrogen-bond acceptors (Lipinski definition) is 8. The molecule has 3 aliphatic rings. The minimum atomic E-state index is -0.702. The van der Waals surface area contributed by atoms with Gasteiger partial charge in [0.2, 0.25) is 0 Å². The van der Waals surface area contributed by atoms with E-state index in [0.717, 1.165) is 59.5 Å². The zero-order valence-electron chi connectivity index (χ0n) is 40.8. The molecule has 0 spiro atoms. The summed E-state index contributed by atoms with van der Waals surface area (Å²) in [6.45, 7) is 29.3. The molecule has 350 valence electrons. The van der Waals surface area contributed by atoms with Crippen LogP contribution < -0.4 is 14.2 Å². The van der Waals surface area contributed by atoms with E-state index in [-0.39, 0.29) is 40.1 Å². The summed E-state index contributed by atoms with van der Waals surface area (Å²) in [7, 11) is 1.64. The fourth-order valence-corrected chi connectivity index (χ4v) is 8.97. The topological polar surface area (TPSA) is 98.2 Å². The van der Waals surface area contributed by atoms with Crippen LogP contribution >= 0.6 is 0 Å². The Morgan fingerprint density at radius 1 is 0.909 bits per heavy atom. The van der Waals surface area contributed by atoms with Crippen molar-refractivity contribution in [2.45, 2.75) is 93.3 Å². The number of aromatic nitrogens is 1. The van der Waals surface area contributed by atoms with Gasteiger partial charge in [-0.25, -0.2) is 0 Å². The van der Waals surface area contributed by atoms with E-state index in [1.165, 1.54) is 12.8 Å². The number of aryl methyl sites for hydroxylation is 1. The van der Waals surface area contributed by atoms with Crippen molar-refractivity contribution in [3.63, 3.8) is 0 Å². The molecular formula is C58H72N2O6. The Morgan fingerprint density at radius 3 is 2.14 bits per heavy atom. The van der Waals surface area contributed by atoms with Crippen molar-refractivity contribution in [1.82, 2.24) is 9.88 Å². The van der Waals surface area contributed by atoms with Crippen molar-refractivity contribution in [2.75, 3.05) is 20.2 Å². The smallest absolute Gasteiger partial charge is 0.175 e. The Morgan fingerprint density at radius 2 is 1.56 bits per heavy atom. The predicted molar refractivity (Wildman–Crippen MR) is 272 cm³/mol. The quantitative estimate of drug-likeness (QED) is 0.0931. The standard InChI is InChI=1S/C50H54N2O6.C6H14.C2H4/c1-8-12-39(40-28-35(56-7)17-15-32(40)6)50(30(3)4)58-45-20-19-44(46-47(45)49(55)38-14-11-10-13-37(38)48(46)54)57-43(23-26-52-25-22-31(5)33(9-2)29-52)36-21-24-51-42-18-16-34(53)27-41(36)42;1-4-6(3)5-2;1-2/h8,10-21,23-24,26-28,30-31,33,37-38,43,50,53H,1,9,22,25,29H2,2-7H3;6H,4-5H2,1-3H3;1-2H2/b26-23?,39-12+;;. The molecule has 0 radical (unpaired) electrons. The summed E-state index contributed by atoms with van der Waals surface area (Å²) in [6.07, 6.45) is 20.4. The molecule has 1 aliphatic heterocycles. The van der Waals surface area contributed by atoms with Crippen molar-refractivity contribution in [3.8, 4) is 23.0 Å². The summed E-state index contributed by atoms with van der Waals surface area (Å²) in [6, 6.07) is 16.4. The number of pyridine rings is 1. The number of carbonyl (C=O) groups excluding carboxylic acids is 2. The molecule has 66 heavy (non-hydrogen) atoms. The number of hydrogen-bond donors (Lipinski definition) is 1. The molecule has 0 saturated carbocycles. The van der Waals surface area contributed by atoms with Crippen molar-refractivity contribution in [1.29, 1.82) is 0 Å². The number of carbonyl (C=O) groups is 2. The molecule has 1 fully saturated rings. The average Bonchev–Trinajstić information content (AvgIpc) is 3.34. The van der Waals surface area contributed by atoms with Crippen LogP contribution in [0.5, 0.6) is 23.0 Å². The van der Waals surface area contributed by atoms with Gasteiger partial charge in [-0.1, -0.05) is 117 Å². The Bertz CT molecular complexity index is 2440. The lowest BCUT2D eigenvalue weighted by molar-refractivity contribution is 0.0789. The Labute approximate surface area is 394 Å². The number of Topliss-reactive ketones (excluding diaryl/α,β-unsaturated/α-hetero) is 2. The van der Waals surface area contributed by atoms with Gasteiger partial charge in [-0.3, -0.25) is 14.6 Å². The predicted octanol–water partition coefficient (Wildman–Crippen LogP) is 13.9. The summed E-state index contributed by atoms with van der Waals surface area (Å²) in [5.41, 5.74) is 4.73. The van der Waals surface area contributed by atoms with Gasteiger partial charge in [0.05, 0.1) is 35.6 Å². The highest BCUT2D eigenvalue weighted by Gasteiger charge is 2.44. The van der Waals surface area contributed by atoms with Crippen LogP contribution in [-0.4, -0.2) is 52.9 Å². The largest absolute Gasteiger partial charge is 0.508 e.